The summed E-state index contributed by atoms with van der Waals surface area (Å²) >= 11 is 0. The van der Waals surface area contributed by atoms with E-state index in [0.717, 1.165) is 38.2 Å². The molecule has 1 aromatic rings. The molecule has 0 atom stereocenters. The van der Waals surface area contributed by atoms with Crippen molar-refractivity contribution < 1.29 is 23.1 Å². The Morgan fingerprint density at radius 2 is 1.83 bits per heavy atom. The molecule has 1 amide bonds. The Labute approximate surface area is 139 Å². The molecule has 0 bridgehead atoms. The van der Waals surface area contributed by atoms with Gasteiger partial charge in [0.25, 0.3) is 5.91 Å². The molecule has 0 aromatic heterocycles. The summed E-state index contributed by atoms with van der Waals surface area (Å²) in [6.45, 7) is 3.59. The monoisotopic (exact) mass is 344 g/mol. The maximum absolute atomic E-state index is 13.3. The smallest absolute Gasteiger partial charge is 0.417 e. The molecule has 0 aliphatic heterocycles. The molecule has 0 saturated heterocycles. The number of nitrogens with zero attached hydrogens (tertiary/aromatic N) is 1. The van der Waals surface area contributed by atoms with Crippen LogP contribution in [0.15, 0.2) is 12.1 Å². The number of anilines is 1. The molecule has 4 nitrogen and oxygen atoms in total. The van der Waals surface area contributed by atoms with Crippen molar-refractivity contribution in [3.63, 3.8) is 0 Å². The van der Waals surface area contributed by atoms with Crippen LogP contribution in [0.5, 0.6) is 5.75 Å². The fourth-order valence-corrected chi connectivity index (χ4v) is 3.34. The average molecular weight is 344 g/mol. The lowest BCUT2D eigenvalue weighted by Crippen LogP contribution is -2.46. The van der Waals surface area contributed by atoms with Crippen molar-refractivity contribution in [1.82, 2.24) is 4.90 Å². The van der Waals surface area contributed by atoms with Crippen molar-refractivity contribution >= 4 is 11.6 Å². The van der Waals surface area contributed by atoms with Crippen molar-refractivity contribution in [2.24, 2.45) is 0 Å². The van der Waals surface area contributed by atoms with Gasteiger partial charge in [-0.1, -0.05) is 19.3 Å². The first-order chi connectivity index (χ1) is 11.1. The quantitative estimate of drug-likeness (QED) is 0.639. The number of benzene rings is 1. The predicted octanol–water partition coefficient (Wildman–Crippen LogP) is 4.18. The fourth-order valence-electron chi connectivity index (χ4n) is 3.34. The first kappa shape index (κ1) is 18.4. The van der Waals surface area contributed by atoms with E-state index in [4.69, 9.17) is 5.73 Å². The Balaban J connectivity index is 2.47. The lowest BCUT2D eigenvalue weighted by Gasteiger charge is -2.38. The Bertz CT molecular complexity index is 609. The summed E-state index contributed by atoms with van der Waals surface area (Å²) in [4.78, 5) is 14.4. The van der Waals surface area contributed by atoms with Gasteiger partial charge in [-0.25, -0.2) is 0 Å². The second-order valence-corrected chi connectivity index (χ2v) is 6.55. The van der Waals surface area contributed by atoms with Crippen LogP contribution in [0.2, 0.25) is 0 Å². The summed E-state index contributed by atoms with van der Waals surface area (Å²) in [5, 5.41) is 9.52. The van der Waals surface area contributed by atoms with Gasteiger partial charge in [0, 0.05) is 12.1 Å². The van der Waals surface area contributed by atoms with E-state index >= 15 is 0 Å². The summed E-state index contributed by atoms with van der Waals surface area (Å²) in [6, 6.07) is 1.17. The first-order valence-electron chi connectivity index (χ1n) is 8.15. The minimum absolute atomic E-state index is 0.0673. The number of phenolic OH excluding ortho intramolecular Hbond substituents is 1. The van der Waals surface area contributed by atoms with Crippen LogP contribution < -0.4 is 5.73 Å². The summed E-state index contributed by atoms with van der Waals surface area (Å²) in [7, 11) is 0. The molecule has 1 aliphatic carbocycles. The van der Waals surface area contributed by atoms with E-state index in [1.54, 1.807) is 13.8 Å². The molecule has 1 fully saturated rings. The molecular weight excluding hydrogens is 321 g/mol. The molecule has 2 rings (SSSR count). The summed E-state index contributed by atoms with van der Waals surface area (Å²) in [6.07, 6.45) is -0.157. The van der Waals surface area contributed by atoms with Crippen LogP contribution in [0.1, 0.15) is 61.9 Å². The third kappa shape index (κ3) is 3.76. The van der Waals surface area contributed by atoms with Crippen LogP contribution in [0.4, 0.5) is 18.9 Å². The van der Waals surface area contributed by atoms with Crippen LogP contribution in [-0.4, -0.2) is 28.0 Å². The third-order valence-corrected chi connectivity index (χ3v) is 4.46. The summed E-state index contributed by atoms with van der Waals surface area (Å²) < 4.78 is 39.9. The number of nitrogen functional groups attached to an aromatic ring is 1. The highest BCUT2D eigenvalue weighted by atomic mass is 19.4. The molecule has 24 heavy (non-hydrogen) atoms. The molecule has 1 saturated carbocycles. The minimum atomic E-state index is -4.74. The van der Waals surface area contributed by atoms with Gasteiger partial charge in [0.1, 0.15) is 5.75 Å². The van der Waals surface area contributed by atoms with Crippen molar-refractivity contribution in [3.8, 4) is 5.75 Å². The maximum Gasteiger partial charge on any atom is 0.417 e. The summed E-state index contributed by atoms with van der Waals surface area (Å²) in [5.74, 6) is -1.36. The predicted molar refractivity (Wildman–Crippen MR) is 85.7 cm³/mol. The molecule has 1 aromatic carbocycles. The van der Waals surface area contributed by atoms with Gasteiger partial charge in [-0.3, -0.25) is 4.79 Å². The SMILES string of the molecule is CC(C)N(C(=O)c1cc(N)c(O)cc1C(F)(F)F)C1CCCCC1. The third-order valence-electron chi connectivity index (χ3n) is 4.46. The molecule has 0 radical (unpaired) electrons. The highest BCUT2D eigenvalue weighted by molar-refractivity contribution is 5.97. The van der Waals surface area contributed by atoms with Gasteiger partial charge < -0.3 is 15.7 Å². The first-order valence-corrected chi connectivity index (χ1v) is 8.15. The van der Waals surface area contributed by atoms with Gasteiger partial charge in [0.2, 0.25) is 0 Å². The van der Waals surface area contributed by atoms with Crippen LogP contribution in [0.25, 0.3) is 0 Å². The molecule has 134 valence electrons. The lowest BCUT2D eigenvalue weighted by molar-refractivity contribution is -0.138. The van der Waals surface area contributed by atoms with Gasteiger partial charge in [0.15, 0.2) is 0 Å². The number of phenols is 1. The van der Waals surface area contributed by atoms with E-state index in [2.05, 4.69) is 0 Å². The normalized spacial score (nSPS) is 16.4. The standard InChI is InChI=1S/C17H23F3N2O2/c1-10(2)22(11-6-4-3-5-7-11)16(24)12-8-14(21)15(23)9-13(12)17(18,19)20/h8-11,23H,3-7,21H2,1-2H3. The highest BCUT2D eigenvalue weighted by Gasteiger charge is 2.39. The number of hydrogen-bond acceptors (Lipinski definition) is 3. The zero-order valence-corrected chi connectivity index (χ0v) is 13.9. The molecule has 0 unspecified atom stereocenters. The van der Waals surface area contributed by atoms with Crippen LogP contribution in [0, 0.1) is 0 Å². The van der Waals surface area contributed by atoms with E-state index in [0.29, 0.717) is 6.07 Å². The largest absolute Gasteiger partial charge is 0.506 e. The molecule has 0 heterocycles. The fraction of sp³-hybridized carbons (Fsp3) is 0.588. The molecule has 0 spiro atoms. The van der Waals surface area contributed by atoms with Crippen molar-refractivity contribution in [2.75, 3.05) is 5.73 Å². The van der Waals surface area contributed by atoms with Crippen molar-refractivity contribution in [3.05, 3.63) is 23.3 Å². The molecule has 3 N–H and O–H groups in total. The van der Waals surface area contributed by atoms with Crippen LogP contribution in [0.3, 0.4) is 0 Å². The topological polar surface area (TPSA) is 66.6 Å². The van der Waals surface area contributed by atoms with Gasteiger partial charge in [-0.15, -0.1) is 0 Å². The zero-order valence-electron chi connectivity index (χ0n) is 13.9. The van der Waals surface area contributed by atoms with Gasteiger partial charge in [0.05, 0.1) is 16.8 Å². The molecule has 1 aliphatic rings. The van der Waals surface area contributed by atoms with Crippen molar-refractivity contribution in [2.45, 2.75) is 64.2 Å². The number of carbonyl (C=O) groups excluding carboxylic acids is 1. The lowest BCUT2D eigenvalue weighted by atomic mass is 9.92. The van der Waals surface area contributed by atoms with Crippen LogP contribution >= 0.6 is 0 Å². The summed E-state index contributed by atoms with van der Waals surface area (Å²) in [5.41, 5.74) is 3.65. The Hall–Kier alpha value is -1.92. The Kier molecular flexibility index (Phi) is 5.30. The van der Waals surface area contributed by atoms with Crippen LogP contribution in [-0.2, 0) is 6.18 Å². The van der Waals surface area contributed by atoms with E-state index in [9.17, 15) is 23.1 Å². The van der Waals surface area contributed by atoms with Gasteiger partial charge in [-0.2, -0.15) is 13.2 Å². The van der Waals surface area contributed by atoms with Crippen molar-refractivity contribution in [1.29, 1.82) is 0 Å². The number of carbonyl (C=O) groups is 1. The number of rotatable bonds is 3. The molecule has 7 heteroatoms. The van der Waals surface area contributed by atoms with E-state index in [1.165, 1.54) is 4.90 Å². The number of amides is 1. The highest BCUT2D eigenvalue weighted by Crippen LogP contribution is 2.38. The Morgan fingerprint density at radius 1 is 1.25 bits per heavy atom. The second-order valence-electron chi connectivity index (χ2n) is 6.55. The minimum Gasteiger partial charge on any atom is -0.506 e. The Morgan fingerprint density at radius 3 is 2.33 bits per heavy atom. The molecular formula is C17H23F3N2O2. The van der Waals surface area contributed by atoms with E-state index < -0.39 is 29.0 Å². The number of aromatic hydroxyl groups is 1. The van der Waals surface area contributed by atoms with E-state index in [-0.39, 0.29) is 17.8 Å². The number of halogens is 3. The van der Waals surface area contributed by atoms with Gasteiger partial charge in [-0.05, 0) is 38.8 Å². The maximum atomic E-state index is 13.3. The van der Waals surface area contributed by atoms with Gasteiger partial charge >= 0.3 is 6.18 Å². The second kappa shape index (κ2) is 6.91. The van der Waals surface area contributed by atoms with E-state index in [1.807, 2.05) is 0 Å². The average Bonchev–Trinajstić information content (AvgIpc) is 2.49. The number of alkyl halides is 3. The zero-order chi connectivity index (χ0) is 18.1. The number of nitrogens with two attached hydrogens (primary N) is 1. The number of hydrogen-bond donors (Lipinski definition) is 2.